The number of anilines is 1. The van der Waals surface area contributed by atoms with Crippen LogP contribution in [0.25, 0.3) is 31.4 Å². The number of ether oxygens (including phenoxy) is 1. The summed E-state index contributed by atoms with van der Waals surface area (Å²) in [4.78, 5) is 18.6. The number of nitrogens with zero attached hydrogens (tertiary/aromatic N) is 3. The van der Waals surface area contributed by atoms with E-state index in [0.717, 1.165) is 58.8 Å². The lowest BCUT2D eigenvalue weighted by atomic mass is 9.89. The molecule has 6 nitrogen and oxygen atoms in total. The van der Waals surface area contributed by atoms with Crippen LogP contribution in [0.1, 0.15) is 43.7 Å². The fourth-order valence-corrected chi connectivity index (χ4v) is 6.73. The van der Waals surface area contributed by atoms with Gasteiger partial charge in [0.15, 0.2) is 6.10 Å². The van der Waals surface area contributed by atoms with Gasteiger partial charge in [-0.3, -0.25) is 0 Å². The number of aromatic nitrogens is 1. The van der Waals surface area contributed by atoms with Crippen LogP contribution < -0.4 is 4.90 Å². The van der Waals surface area contributed by atoms with Crippen LogP contribution >= 0.6 is 11.3 Å². The predicted molar refractivity (Wildman–Crippen MR) is 154 cm³/mol. The average molecular weight is 520 g/mol. The first-order chi connectivity index (χ1) is 17.5. The molecule has 2 aromatic heterocycles. The predicted octanol–water partition coefficient (Wildman–Crippen LogP) is 6.46. The van der Waals surface area contributed by atoms with E-state index in [4.69, 9.17) is 4.74 Å². The Labute approximate surface area is 223 Å². The first-order valence-corrected chi connectivity index (χ1v) is 13.7. The first-order valence-electron chi connectivity index (χ1n) is 12.9. The van der Waals surface area contributed by atoms with Gasteiger partial charge >= 0.3 is 5.97 Å². The zero-order valence-electron chi connectivity index (χ0n) is 22.9. The minimum Gasteiger partial charge on any atom is -0.479 e. The van der Waals surface area contributed by atoms with Gasteiger partial charge in [-0.1, -0.05) is 18.2 Å². The molecule has 0 bridgehead atoms. The summed E-state index contributed by atoms with van der Waals surface area (Å²) in [7, 11) is 4.18. The van der Waals surface area contributed by atoms with Crippen LogP contribution in [0, 0.1) is 13.8 Å². The van der Waals surface area contributed by atoms with Crippen molar-refractivity contribution in [1.29, 1.82) is 0 Å². The van der Waals surface area contributed by atoms with Crippen LogP contribution in [0.4, 0.5) is 5.69 Å². The fourth-order valence-electron chi connectivity index (χ4n) is 5.60. The maximum Gasteiger partial charge on any atom is 0.337 e. The van der Waals surface area contributed by atoms with Crippen LogP contribution in [0.5, 0.6) is 0 Å². The number of aryl methyl sites for hydroxylation is 1. The molecule has 7 heteroatoms. The van der Waals surface area contributed by atoms with Gasteiger partial charge in [-0.05, 0) is 77.9 Å². The normalized spacial score (nSPS) is 14.8. The lowest BCUT2D eigenvalue weighted by molar-refractivity contribution is -0.160. The highest BCUT2D eigenvalue weighted by Gasteiger charge is 2.36. The van der Waals surface area contributed by atoms with E-state index in [1.807, 2.05) is 26.8 Å². The standard InChI is InChI=1S/C30H37N3O3S/c1-18-16-21-25(23-17-20-10-8-9-11-22(20)37-23)24(28(29(34)35)36-30(3,4)5)19(2)26-27(21)33(18)15-14-32(26)13-12-31(6)7/h8-11,16-17,28H,12-15H2,1-7H3,(H,34,35)/t28-/m0/s1. The summed E-state index contributed by atoms with van der Waals surface area (Å²) in [5.41, 5.74) is 5.68. The van der Waals surface area contributed by atoms with Gasteiger partial charge in [0, 0.05) is 58.0 Å². The maximum atomic E-state index is 12.9. The number of rotatable bonds is 7. The third-order valence-electron chi connectivity index (χ3n) is 7.18. The van der Waals surface area contributed by atoms with Crippen molar-refractivity contribution in [2.75, 3.05) is 38.6 Å². The van der Waals surface area contributed by atoms with Crippen LogP contribution in [0.15, 0.2) is 36.4 Å². The van der Waals surface area contributed by atoms with Crippen molar-refractivity contribution in [3.8, 4) is 10.4 Å². The maximum absolute atomic E-state index is 12.9. The topological polar surface area (TPSA) is 57.9 Å². The van der Waals surface area contributed by atoms with Gasteiger partial charge in [-0.15, -0.1) is 11.3 Å². The van der Waals surface area contributed by atoms with E-state index >= 15 is 0 Å². The summed E-state index contributed by atoms with van der Waals surface area (Å²) in [5.74, 6) is -0.959. The van der Waals surface area contributed by atoms with E-state index in [1.165, 1.54) is 21.3 Å². The summed E-state index contributed by atoms with van der Waals surface area (Å²) in [6.45, 7) is 13.6. The molecule has 4 aromatic rings. The van der Waals surface area contributed by atoms with Gasteiger partial charge in [0.1, 0.15) is 0 Å². The molecule has 1 aliphatic rings. The number of hydrogen-bond donors (Lipinski definition) is 1. The van der Waals surface area contributed by atoms with Gasteiger partial charge in [0.05, 0.1) is 16.8 Å². The average Bonchev–Trinajstić information content (AvgIpc) is 3.39. The van der Waals surface area contributed by atoms with E-state index in [1.54, 1.807) is 11.3 Å². The molecule has 1 aliphatic heterocycles. The van der Waals surface area contributed by atoms with Gasteiger partial charge in [0.25, 0.3) is 0 Å². The number of benzene rings is 2. The van der Waals surface area contributed by atoms with Crippen molar-refractivity contribution < 1.29 is 14.6 Å². The summed E-state index contributed by atoms with van der Waals surface area (Å²) in [6.07, 6.45) is -1.08. The number of likely N-dealkylation sites (N-methyl/N-ethyl adjacent to an activating group) is 1. The third kappa shape index (κ3) is 4.65. The van der Waals surface area contributed by atoms with Crippen molar-refractivity contribution >= 4 is 44.0 Å². The number of carboxylic acids is 1. The molecule has 0 saturated heterocycles. The Bertz CT molecular complexity index is 1460. The zero-order chi connectivity index (χ0) is 26.6. The van der Waals surface area contributed by atoms with Gasteiger partial charge in [-0.25, -0.2) is 4.79 Å². The molecule has 0 saturated carbocycles. The number of carboxylic acid groups (broad SMARTS) is 1. The quantitative estimate of drug-likeness (QED) is 0.304. The molecular weight excluding hydrogens is 482 g/mol. The largest absolute Gasteiger partial charge is 0.479 e. The molecule has 1 atom stereocenters. The van der Waals surface area contributed by atoms with E-state index in [-0.39, 0.29) is 0 Å². The van der Waals surface area contributed by atoms with Gasteiger partial charge in [0.2, 0.25) is 0 Å². The van der Waals surface area contributed by atoms with Crippen LogP contribution in [-0.4, -0.2) is 59.9 Å². The number of aliphatic carboxylic acids is 1. The highest BCUT2D eigenvalue weighted by Crippen LogP contribution is 2.49. The molecule has 0 radical (unpaired) electrons. The Morgan fingerprint density at radius 2 is 1.89 bits per heavy atom. The number of carbonyl (C=O) groups is 1. The second kappa shape index (κ2) is 9.46. The molecule has 1 N–H and O–H groups in total. The second-order valence-corrected chi connectivity index (χ2v) is 12.4. The SMILES string of the molecule is Cc1c([C@H](OC(C)(C)C)C(=O)O)c(-c2cc3ccccc3s2)c2cc(C)n3c2c1N(CCN(C)C)CC3. The first kappa shape index (κ1) is 25.8. The Hall–Kier alpha value is -2.87. The lowest BCUT2D eigenvalue weighted by Crippen LogP contribution is -2.38. The lowest BCUT2D eigenvalue weighted by Gasteiger charge is -2.36. The molecule has 37 heavy (non-hydrogen) atoms. The number of fused-ring (bicyclic) bond motifs is 1. The van der Waals surface area contributed by atoms with Gasteiger partial charge < -0.3 is 24.2 Å². The van der Waals surface area contributed by atoms with Crippen molar-refractivity contribution in [2.45, 2.75) is 52.9 Å². The van der Waals surface area contributed by atoms with E-state index in [2.05, 4.69) is 72.6 Å². The molecule has 0 aliphatic carbocycles. The van der Waals surface area contributed by atoms with E-state index in [9.17, 15) is 9.90 Å². The Balaban J connectivity index is 1.87. The van der Waals surface area contributed by atoms with E-state index < -0.39 is 17.7 Å². The molecule has 0 amide bonds. The second-order valence-electron chi connectivity index (χ2n) is 11.3. The minimum absolute atomic E-state index is 0.619. The Morgan fingerprint density at radius 3 is 2.54 bits per heavy atom. The highest BCUT2D eigenvalue weighted by molar-refractivity contribution is 7.22. The molecule has 0 unspecified atom stereocenters. The van der Waals surface area contributed by atoms with Crippen molar-refractivity contribution in [1.82, 2.24) is 9.47 Å². The van der Waals surface area contributed by atoms with Crippen molar-refractivity contribution in [3.05, 3.63) is 53.2 Å². The summed E-state index contributed by atoms with van der Waals surface area (Å²) in [6, 6.07) is 12.8. The van der Waals surface area contributed by atoms with Crippen LogP contribution in [0.3, 0.4) is 0 Å². The molecule has 0 spiro atoms. The molecular formula is C30H37N3O3S. The zero-order valence-corrected chi connectivity index (χ0v) is 23.7. The summed E-state index contributed by atoms with van der Waals surface area (Å²) in [5, 5.41) is 12.8. The van der Waals surface area contributed by atoms with Crippen molar-refractivity contribution in [2.24, 2.45) is 0 Å². The summed E-state index contributed by atoms with van der Waals surface area (Å²) >= 11 is 1.72. The molecule has 3 heterocycles. The van der Waals surface area contributed by atoms with Crippen molar-refractivity contribution in [3.63, 3.8) is 0 Å². The van der Waals surface area contributed by atoms with Crippen LogP contribution in [0.2, 0.25) is 0 Å². The number of hydrogen-bond acceptors (Lipinski definition) is 5. The highest BCUT2D eigenvalue weighted by atomic mass is 32.1. The van der Waals surface area contributed by atoms with Crippen LogP contribution in [-0.2, 0) is 16.1 Å². The van der Waals surface area contributed by atoms with Gasteiger partial charge in [-0.2, -0.15) is 0 Å². The third-order valence-corrected chi connectivity index (χ3v) is 8.32. The summed E-state index contributed by atoms with van der Waals surface area (Å²) < 4.78 is 9.91. The minimum atomic E-state index is -1.08. The number of thiophene rings is 1. The fraction of sp³-hybridized carbons (Fsp3) is 0.433. The Morgan fingerprint density at radius 1 is 1.16 bits per heavy atom. The monoisotopic (exact) mass is 519 g/mol. The van der Waals surface area contributed by atoms with E-state index in [0.29, 0.717) is 0 Å². The molecule has 0 fully saturated rings. The molecule has 5 rings (SSSR count). The smallest absolute Gasteiger partial charge is 0.337 e. The molecule has 196 valence electrons. The Kier molecular flexibility index (Phi) is 6.59. The molecule has 2 aromatic carbocycles.